The molecule has 1 aromatic rings. The summed E-state index contributed by atoms with van der Waals surface area (Å²) in [6, 6.07) is 3.67. The van der Waals surface area contributed by atoms with E-state index in [0.29, 0.717) is 42.8 Å². The third-order valence-electron chi connectivity index (χ3n) is 2.25. The van der Waals surface area contributed by atoms with Crippen molar-refractivity contribution in [1.29, 1.82) is 5.26 Å². The van der Waals surface area contributed by atoms with Gasteiger partial charge in [-0.2, -0.15) is 5.26 Å². The smallest absolute Gasteiger partial charge is 0.181 e. The van der Waals surface area contributed by atoms with E-state index in [9.17, 15) is 0 Å². The van der Waals surface area contributed by atoms with Gasteiger partial charge in [0, 0.05) is 6.07 Å². The lowest BCUT2D eigenvalue weighted by atomic mass is 10.1. The summed E-state index contributed by atoms with van der Waals surface area (Å²) in [7, 11) is 0. The minimum absolute atomic E-state index is 0.278. The van der Waals surface area contributed by atoms with E-state index in [-0.39, 0.29) is 5.56 Å². The molecule has 0 radical (unpaired) electrons. The molecule has 0 saturated heterocycles. The molecule has 1 aliphatic heterocycles. The Morgan fingerprint density at radius 2 is 2.25 bits per heavy atom. The van der Waals surface area contributed by atoms with Crippen molar-refractivity contribution in [3.8, 4) is 23.3 Å². The second-order valence-corrected chi connectivity index (χ2v) is 3.23. The summed E-state index contributed by atoms with van der Waals surface area (Å²) < 4.78 is 16.1. The maximum Gasteiger partial charge on any atom is 0.181 e. The van der Waals surface area contributed by atoms with Crippen LogP contribution in [0.5, 0.6) is 17.2 Å². The lowest BCUT2D eigenvalue weighted by Crippen LogP contribution is -2.17. The number of hydrogen-bond donors (Lipinski definition) is 1. The van der Waals surface area contributed by atoms with E-state index in [4.69, 9.17) is 25.2 Å². The van der Waals surface area contributed by atoms with Crippen LogP contribution < -0.4 is 19.9 Å². The van der Waals surface area contributed by atoms with E-state index in [1.807, 2.05) is 13.0 Å². The Hall–Kier alpha value is -2.09. The molecule has 0 amide bonds. The van der Waals surface area contributed by atoms with Gasteiger partial charge in [-0.3, -0.25) is 0 Å². The fourth-order valence-electron chi connectivity index (χ4n) is 1.56. The van der Waals surface area contributed by atoms with Crippen molar-refractivity contribution in [1.82, 2.24) is 0 Å². The Kier molecular flexibility index (Phi) is 2.73. The predicted molar refractivity (Wildman–Crippen MR) is 57.7 cm³/mol. The Morgan fingerprint density at radius 1 is 1.50 bits per heavy atom. The van der Waals surface area contributed by atoms with Crippen molar-refractivity contribution in [2.45, 2.75) is 6.92 Å². The number of nitriles is 1. The van der Waals surface area contributed by atoms with Gasteiger partial charge in [0.2, 0.25) is 0 Å². The molecule has 84 valence electrons. The molecule has 1 aromatic carbocycles. The van der Waals surface area contributed by atoms with Crippen LogP contribution in [0.25, 0.3) is 0 Å². The number of nitrogen functional groups attached to an aromatic ring is 1. The number of hydrogen-bond acceptors (Lipinski definition) is 5. The van der Waals surface area contributed by atoms with Crippen molar-refractivity contribution >= 4 is 5.69 Å². The molecule has 5 nitrogen and oxygen atoms in total. The molecule has 2 N–H and O–H groups in total. The number of ether oxygens (including phenoxy) is 3. The summed E-state index contributed by atoms with van der Waals surface area (Å²) in [5.74, 6) is 1.39. The second-order valence-electron chi connectivity index (χ2n) is 3.23. The van der Waals surface area contributed by atoms with E-state index in [2.05, 4.69) is 0 Å². The number of benzene rings is 1. The zero-order valence-electron chi connectivity index (χ0n) is 8.95. The minimum atomic E-state index is 0.278. The van der Waals surface area contributed by atoms with Gasteiger partial charge in [-0.15, -0.1) is 0 Å². The van der Waals surface area contributed by atoms with Gasteiger partial charge >= 0.3 is 0 Å². The monoisotopic (exact) mass is 220 g/mol. The van der Waals surface area contributed by atoms with Crippen molar-refractivity contribution in [2.75, 3.05) is 25.6 Å². The molecule has 0 bridgehead atoms. The van der Waals surface area contributed by atoms with Gasteiger partial charge in [0.05, 0.1) is 12.3 Å². The lowest BCUT2D eigenvalue weighted by molar-refractivity contribution is 0.170. The third kappa shape index (κ3) is 1.58. The van der Waals surface area contributed by atoms with E-state index in [1.54, 1.807) is 6.07 Å². The van der Waals surface area contributed by atoms with E-state index >= 15 is 0 Å². The average Bonchev–Trinajstić information content (AvgIpc) is 2.31. The molecule has 2 rings (SSSR count). The lowest BCUT2D eigenvalue weighted by Gasteiger charge is -2.21. The van der Waals surface area contributed by atoms with Crippen molar-refractivity contribution in [3.05, 3.63) is 11.6 Å². The summed E-state index contributed by atoms with van der Waals surface area (Å²) in [6.45, 7) is 3.22. The molecule has 0 unspecified atom stereocenters. The number of rotatable bonds is 2. The van der Waals surface area contributed by atoms with Crippen molar-refractivity contribution < 1.29 is 14.2 Å². The molecule has 0 aliphatic carbocycles. The number of fused-ring (bicyclic) bond motifs is 1. The molecule has 16 heavy (non-hydrogen) atoms. The number of nitrogens with zero attached hydrogens (tertiary/aromatic N) is 1. The Labute approximate surface area is 93.3 Å². The van der Waals surface area contributed by atoms with Crippen molar-refractivity contribution in [3.63, 3.8) is 0 Å². The van der Waals surface area contributed by atoms with Crippen LogP contribution in [0.2, 0.25) is 0 Å². The highest BCUT2D eigenvalue weighted by Gasteiger charge is 2.22. The zero-order valence-corrected chi connectivity index (χ0v) is 8.95. The zero-order chi connectivity index (χ0) is 11.5. The highest BCUT2D eigenvalue weighted by Crippen LogP contribution is 2.42. The van der Waals surface area contributed by atoms with Gasteiger partial charge in [-0.25, -0.2) is 0 Å². The van der Waals surface area contributed by atoms with Crippen LogP contribution in [0.3, 0.4) is 0 Å². The largest absolute Gasteiger partial charge is 0.492 e. The standard InChI is InChI=1S/C11H12N2O3/c1-2-14-8-5-9-11(16-4-3-15-9)7(6-12)10(8)13/h5H,2-4,13H2,1H3. The summed E-state index contributed by atoms with van der Waals surface area (Å²) in [4.78, 5) is 0. The van der Waals surface area contributed by atoms with E-state index < -0.39 is 0 Å². The van der Waals surface area contributed by atoms with Crippen LogP contribution in [0.4, 0.5) is 5.69 Å². The third-order valence-corrected chi connectivity index (χ3v) is 2.25. The molecule has 0 spiro atoms. The van der Waals surface area contributed by atoms with Gasteiger partial charge in [0.15, 0.2) is 11.5 Å². The van der Waals surface area contributed by atoms with Crippen LogP contribution in [0.15, 0.2) is 6.07 Å². The van der Waals surface area contributed by atoms with Gasteiger partial charge in [0.25, 0.3) is 0 Å². The Balaban J connectivity index is 2.56. The van der Waals surface area contributed by atoms with E-state index in [0.717, 1.165) is 0 Å². The van der Waals surface area contributed by atoms with Gasteiger partial charge in [-0.05, 0) is 6.92 Å². The first-order valence-electron chi connectivity index (χ1n) is 5.03. The normalized spacial score (nSPS) is 13.0. The first-order valence-corrected chi connectivity index (χ1v) is 5.03. The Morgan fingerprint density at radius 3 is 2.94 bits per heavy atom. The molecular formula is C11H12N2O3. The SMILES string of the molecule is CCOc1cc2c(c(C#N)c1N)OCCO2. The van der Waals surface area contributed by atoms with Gasteiger partial charge in [-0.1, -0.05) is 0 Å². The first kappa shape index (κ1) is 10.4. The van der Waals surface area contributed by atoms with Crippen molar-refractivity contribution in [2.24, 2.45) is 0 Å². The fourth-order valence-corrected chi connectivity index (χ4v) is 1.56. The summed E-state index contributed by atoms with van der Waals surface area (Å²) in [5.41, 5.74) is 6.40. The topological polar surface area (TPSA) is 77.5 Å². The van der Waals surface area contributed by atoms with Crippen LogP contribution in [0, 0.1) is 11.3 Å². The molecule has 1 aliphatic rings. The van der Waals surface area contributed by atoms with Gasteiger partial charge in [0.1, 0.15) is 30.6 Å². The summed E-state index contributed by atoms with van der Waals surface area (Å²) in [6.07, 6.45) is 0. The molecule has 5 heteroatoms. The molecule has 0 aromatic heterocycles. The molecule has 0 fully saturated rings. The van der Waals surface area contributed by atoms with E-state index in [1.165, 1.54) is 0 Å². The number of nitrogens with two attached hydrogens (primary N) is 1. The van der Waals surface area contributed by atoms with Crippen LogP contribution in [-0.2, 0) is 0 Å². The quantitative estimate of drug-likeness (QED) is 0.760. The van der Waals surface area contributed by atoms with Crippen LogP contribution in [-0.4, -0.2) is 19.8 Å². The summed E-state index contributed by atoms with van der Waals surface area (Å²) >= 11 is 0. The number of anilines is 1. The molecule has 0 saturated carbocycles. The van der Waals surface area contributed by atoms with Crippen LogP contribution >= 0.6 is 0 Å². The van der Waals surface area contributed by atoms with Gasteiger partial charge < -0.3 is 19.9 Å². The highest BCUT2D eigenvalue weighted by molar-refractivity contribution is 5.73. The summed E-state index contributed by atoms with van der Waals surface area (Å²) in [5, 5.41) is 9.05. The average molecular weight is 220 g/mol. The first-order chi connectivity index (χ1) is 7.77. The fraction of sp³-hybridized carbons (Fsp3) is 0.364. The maximum absolute atomic E-state index is 9.05. The highest BCUT2D eigenvalue weighted by atomic mass is 16.6. The second kappa shape index (κ2) is 4.19. The molecule has 1 heterocycles. The molecular weight excluding hydrogens is 208 g/mol. The predicted octanol–water partition coefficient (Wildman–Crippen LogP) is 1.31. The van der Waals surface area contributed by atoms with Crippen LogP contribution in [0.1, 0.15) is 12.5 Å². The maximum atomic E-state index is 9.05. The minimum Gasteiger partial charge on any atom is -0.492 e. The Bertz CT molecular complexity index is 452. The molecule has 0 atom stereocenters.